The zero-order valence-electron chi connectivity index (χ0n) is 13.6. The number of rotatable bonds is 4. The minimum Gasteiger partial charge on any atom is -0.312 e. The number of nitrogens with one attached hydrogen (secondary N) is 1. The summed E-state index contributed by atoms with van der Waals surface area (Å²) in [5, 5.41) is 6.17. The third kappa shape index (κ3) is 2.16. The van der Waals surface area contributed by atoms with Gasteiger partial charge in [-0.1, -0.05) is 40.7 Å². The third-order valence-electron chi connectivity index (χ3n) is 6.21. The Morgan fingerprint density at radius 1 is 1.35 bits per heavy atom. The molecule has 3 rings (SSSR count). The summed E-state index contributed by atoms with van der Waals surface area (Å²) < 4.78 is 0. The largest absolute Gasteiger partial charge is 0.312 e. The van der Waals surface area contributed by atoms with Crippen LogP contribution in [0.2, 0.25) is 0 Å². The predicted molar refractivity (Wildman–Crippen MR) is 88.4 cm³/mol. The van der Waals surface area contributed by atoms with E-state index in [2.05, 4.69) is 57.4 Å². The fourth-order valence-electron chi connectivity index (χ4n) is 4.92. The Labute approximate surface area is 128 Å². The second-order valence-electron chi connectivity index (χ2n) is 8.59. The highest BCUT2D eigenvalue weighted by atomic mass is 32.1. The lowest BCUT2D eigenvalue weighted by molar-refractivity contribution is 0.105. The van der Waals surface area contributed by atoms with Crippen LogP contribution in [0, 0.1) is 16.7 Å². The quantitative estimate of drug-likeness (QED) is 0.838. The maximum atomic E-state index is 3.98. The lowest BCUT2D eigenvalue weighted by atomic mass is 9.68. The van der Waals surface area contributed by atoms with Gasteiger partial charge in [-0.15, -0.1) is 11.3 Å². The van der Waals surface area contributed by atoms with Gasteiger partial charge in [-0.25, -0.2) is 0 Å². The molecule has 0 amide bonds. The van der Waals surface area contributed by atoms with Crippen LogP contribution in [0.3, 0.4) is 0 Å². The molecule has 1 nitrogen and oxygen atoms in total. The van der Waals surface area contributed by atoms with Crippen LogP contribution < -0.4 is 5.32 Å². The van der Waals surface area contributed by atoms with Gasteiger partial charge >= 0.3 is 0 Å². The van der Waals surface area contributed by atoms with Gasteiger partial charge in [0.05, 0.1) is 0 Å². The summed E-state index contributed by atoms with van der Waals surface area (Å²) in [6.45, 7) is 13.3. The molecular formula is C18H29NS. The highest BCUT2D eigenvalue weighted by Gasteiger charge is 2.59. The molecule has 0 aliphatic heterocycles. The van der Waals surface area contributed by atoms with Crippen LogP contribution in [-0.2, 0) is 5.41 Å². The van der Waals surface area contributed by atoms with Crippen LogP contribution in [0.5, 0.6) is 0 Å². The maximum Gasteiger partial charge on any atom is 0.0175 e. The molecule has 1 heterocycles. The molecule has 1 aromatic heterocycles. The highest BCUT2D eigenvalue weighted by molar-refractivity contribution is 7.10. The van der Waals surface area contributed by atoms with E-state index < -0.39 is 0 Å². The van der Waals surface area contributed by atoms with Gasteiger partial charge in [0.15, 0.2) is 0 Å². The van der Waals surface area contributed by atoms with Crippen LogP contribution in [-0.4, -0.2) is 12.6 Å². The smallest absolute Gasteiger partial charge is 0.0175 e. The van der Waals surface area contributed by atoms with Crippen LogP contribution in [0.15, 0.2) is 17.5 Å². The number of hydrogen-bond acceptors (Lipinski definition) is 2. The molecule has 2 aliphatic rings. The van der Waals surface area contributed by atoms with Crippen molar-refractivity contribution in [2.75, 3.05) is 6.54 Å². The fourth-order valence-corrected chi connectivity index (χ4v) is 5.77. The average molecular weight is 292 g/mol. The summed E-state index contributed by atoms with van der Waals surface area (Å²) in [7, 11) is 0. The monoisotopic (exact) mass is 291 g/mol. The van der Waals surface area contributed by atoms with E-state index >= 15 is 0 Å². The molecule has 20 heavy (non-hydrogen) atoms. The van der Waals surface area contributed by atoms with Crippen molar-refractivity contribution in [3.05, 3.63) is 22.4 Å². The van der Waals surface area contributed by atoms with Gasteiger partial charge in [0.25, 0.3) is 0 Å². The molecular weight excluding hydrogens is 262 g/mol. The summed E-state index contributed by atoms with van der Waals surface area (Å²) >= 11 is 1.89. The van der Waals surface area contributed by atoms with Crippen LogP contribution in [0.25, 0.3) is 0 Å². The molecule has 2 heteroatoms. The van der Waals surface area contributed by atoms with Crippen molar-refractivity contribution >= 4 is 11.3 Å². The van der Waals surface area contributed by atoms with Crippen molar-refractivity contribution in [2.24, 2.45) is 16.7 Å². The molecule has 1 aromatic rings. The second-order valence-corrected chi connectivity index (χ2v) is 9.54. The van der Waals surface area contributed by atoms with Crippen molar-refractivity contribution in [1.82, 2.24) is 5.32 Å². The third-order valence-corrected chi connectivity index (χ3v) is 7.44. The van der Waals surface area contributed by atoms with Crippen molar-refractivity contribution in [1.29, 1.82) is 0 Å². The Bertz CT molecular complexity index is 469. The molecule has 0 aromatic carbocycles. The molecule has 3 unspecified atom stereocenters. The summed E-state index contributed by atoms with van der Waals surface area (Å²) in [5.74, 6) is 0.926. The van der Waals surface area contributed by atoms with Gasteiger partial charge in [-0.3, -0.25) is 0 Å². The summed E-state index contributed by atoms with van der Waals surface area (Å²) in [4.78, 5) is 1.50. The SMILES string of the molecule is CC(C)(CNC1C2(C)CCC(C2)C1(C)C)c1cccs1. The summed E-state index contributed by atoms with van der Waals surface area (Å²) in [6.07, 6.45) is 4.28. The zero-order valence-corrected chi connectivity index (χ0v) is 14.4. The van der Waals surface area contributed by atoms with Gasteiger partial charge in [0.2, 0.25) is 0 Å². The van der Waals surface area contributed by atoms with Gasteiger partial charge in [0, 0.05) is 22.9 Å². The molecule has 0 spiro atoms. The summed E-state index contributed by atoms with van der Waals surface area (Å²) in [6, 6.07) is 5.12. The molecule has 2 aliphatic carbocycles. The standard InChI is InChI=1S/C18H29NS/c1-16(2,14-7-6-10-20-14)12-19-15-17(3,4)13-8-9-18(15,5)11-13/h6-7,10,13,15,19H,8-9,11-12H2,1-5H3. The van der Waals surface area contributed by atoms with E-state index in [1.54, 1.807) is 0 Å². The van der Waals surface area contributed by atoms with Crippen LogP contribution in [0.4, 0.5) is 0 Å². The van der Waals surface area contributed by atoms with Crippen molar-refractivity contribution < 1.29 is 0 Å². The van der Waals surface area contributed by atoms with Crippen molar-refractivity contribution in [3.63, 3.8) is 0 Å². The fraction of sp³-hybridized carbons (Fsp3) is 0.778. The second kappa shape index (κ2) is 4.58. The average Bonchev–Trinajstić information content (AvgIpc) is 3.00. The summed E-state index contributed by atoms with van der Waals surface area (Å²) in [5.41, 5.74) is 1.22. The van der Waals surface area contributed by atoms with E-state index in [-0.39, 0.29) is 5.41 Å². The molecule has 2 saturated carbocycles. The van der Waals surface area contributed by atoms with E-state index in [1.165, 1.54) is 24.1 Å². The molecule has 2 bridgehead atoms. The first kappa shape index (κ1) is 14.6. The van der Waals surface area contributed by atoms with Crippen molar-refractivity contribution in [2.45, 2.75) is 65.3 Å². The van der Waals surface area contributed by atoms with Gasteiger partial charge in [0.1, 0.15) is 0 Å². The first-order valence-electron chi connectivity index (χ1n) is 8.03. The molecule has 1 N–H and O–H groups in total. The topological polar surface area (TPSA) is 12.0 Å². The van der Waals surface area contributed by atoms with Crippen LogP contribution >= 0.6 is 11.3 Å². The minimum absolute atomic E-state index is 0.239. The first-order chi connectivity index (χ1) is 9.26. The predicted octanol–water partition coefficient (Wildman–Crippen LogP) is 4.83. The Morgan fingerprint density at radius 3 is 2.65 bits per heavy atom. The van der Waals surface area contributed by atoms with Crippen molar-refractivity contribution in [3.8, 4) is 0 Å². The zero-order chi connectivity index (χ0) is 14.6. The Hall–Kier alpha value is -0.340. The van der Waals surface area contributed by atoms with Gasteiger partial charge in [-0.05, 0) is 47.5 Å². The number of thiophene rings is 1. The molecule has 3 atom stereocenters. The molecule has 2 fully saturated rings. The van der Waals surface area contributed by atoms with Crippen LogP contribution in [0.1, 0.15) is 58.8 Å². The molecule has 0 saturated heterocycles. The van der Waals surface area contributed by atoms with E-state index in [0.29, 0.717) is 16.9 Å². The number of hydrogen-bond donors (Lipinski definition) is 1. The first-order valence-corrected chi connectivity index (χ1v) is 8.91. The Balaban J connectivity index is 1.72. The highest BCUT2D eigenvalue weighted by Crippen LogP contribution is 2.62. The van der Waals surface area contributed by atoms with Gasteiger partial charge < -0.3 is 5.32 Å². The van der Waals surface area contributed by atoms with Gasteiger partial charge in [-0.2, -0.15) is 0 Å². The van der Waals surface area contributed by atoms with E-state index in [4.69, 9.17) is 0 Å². The molecule has 0 radical (unpaired) electrons. The minimum atomic E-state index is 0.239. The van der Waals surface area contributed by atoms with E-state index in [1.807, 2.05) is 11.3 Å². The number of fused-ring (bicyclic) bond motifs is 2. The lowest BCUT2D eigenvalue weighted by Gasteiger charge is -2.44. The maximum absolute atomic E-state index is 3.98. The molecule has 112 valence electrons. The van der Waals surface area contributed by atoms with E-state index in [0.717, 1.165) is 12.5 Å². The Kier molecular flexibility index (Phi) is 3.34. The Morgan fingerprint density at radius 2 is 2.10 bits per heavy atom. The normalized spacial score (nSPS) is 35.6. The van der Waals surface area contributed by atoms with E-state index in [9.17, 15) is 0 Å². The lowest BCUT2D eigenvalue weighted by Crippen LogP contribution is -2.53.